The highest BCUT2D eigenvalue weighted by atomic mass is 35.5. The van der Waals surface area contributed by atoms with E-state index in [2.05, 4.69) is 5.16 Å². The predicted molar refractivity (Wildman–Crippen MR) is 126 cm³/mol. The van der Waals surface area contributed by atoms with Crippen molar-refractivity contribution >= 4 is 44.7 Å². The highest BCUT2D eigenvalue weighted by Crippen LogP contribution is 2.48. The molecule has 2 atom stereocenters. The Kier molecular flexibility index (Phi) is 6.25. The van der Waals surface area contributed by atoms with Gasteiger partial charge in [0.05, 0.1) is 24.7 Å². The van der Waals surface area contributed by atoms with E-state index in [0.717, 1.165) is 18.4 Å². The van der Waals surface area contributed by atoms with Crippen LogP contribution in [-0.4, -0.2) is 56.2 Å². The summed E-state index contributed by atoms with van der Waals surface area (Å²) < 4.78 is 86.0. The topological polar surface area (TPSA) is 85.3 Å². The second-order valence-electron chi connectivity index (χ2n) is 9.29. The highest BCUT2D eigenvalue weighted by molar-refractivity contribution is 7.91. The van der Waals surface area contributed by atoms with Gasteiger partial charge in [-0.3, -0.25) is 4.79 Å². The number of rotatable bonds is 4. The van der Waals surface area contributed by atoms with Crippen LogP contribution < -0.4 is 0 Å². The van der Waals surface area contributed by atoms with Gasteiger partial charge in [-0.05, 0) is 29.3 Å². The molecule has 198 valence electrons. The first-order chi connectivity index (χ1) is 17.2. The second kappa shape index (κ2) is 8.82. The number of halogens is 6. The molecular formula is C23H18Cl2F4N2O5S. The normalized spacial score (nSPS) is 22.5. The molecule has 2 unspecified atom stereocenters. The molecule has 3 aliphatic rings. The number of ether oxygens (including phenoxy) is 1. The van der Waals surface area contributed by atoms with E-state index in [1.807, 2.05) is 0 Å². The lowest BCUT2D eigenvalue weighted by Gasteiger charge is -2.47. The molecule has 3 heterocycles. The molecule has 14 heteroatoms. The van der Waals surface area contributed by atoms with Gasteiger partial charge in [-0.2, -0.15) is 13.2 Å². The number of carbonyl (C=O) groups is 1. The molecule has 5 rings (SSSR count). The van der Waals surface area contributed by atoms with E-state index in [0.29, 0.717) is 11.1 Å². The van der Waals surface area contributed by atoms with Crippen LogP contribution >= 0.6 is 23.2 Å². The SMILES string of the molecule is CS(=O)(=O)CC(=O)N1CC2(C1)OCc1cc(C3=NOC(c4cc(Cl)cc(Cl)c4F)C3C(F)(F)F)ccc12. The molecule has 3 aliphatic heterocycles. The van der Waals surface area contributed by atoms with Crippen molar-refractivity contribution in [3.8, 4) is 0 Å². The van der Waals surface area contributed by atoms with Crippen LogP contribution in [0, 0.1) is 11.7 Å². The number of carbonyl (C=O) groups excluding carboxylic acids is 1. The third-order valence-corrected chi connectivity index (χ3v) is 7.83. The molecule has 2 aromatic carbocycles. The average Bonchev–Trinajstić information content (AvgIpc) is 3.35. The summed E-state index contributed by atoms with van der Waals surface area (Å²) in [6.07, 6.45) is -5.71. The number of sulfone groups is 1. The van der Waals surface area contributed by atoms with Gasteiger partial charge in [0.15, 0.2) is 15.9 Å². The first-order valence-corrected chi connectivity index (χ1v) is 13.7. The largest absolute Gasteiger partial charge is 0.401 e. The van der Waals surface area contributed by atoms with E-state index in [9.17, 15) is 30.8 Å². The van der Waals surface area contributed by atoms with Gasteiger partial charge in [0, 0.05) is 22.4 Å². The molecule has 37 heavy (non-hydrogen) atoms. The summed E-state index contributed by atoms with van der Waals surface area (Å²) in [6.45, 7) is 0.323. The standard InChI is InChI=1S/C23H18Cl2F4N2O5S/c1-37(33,34)8-17(32)31-9-22(10-31)15-3-2-11(4-12(15)7-35-22)20-18(23(27,28)29)21(36-30-20)14-5-13(24)6-16(25)19(14)26/h2-6,18,21H,7-10H2,1H3. The Morgan fingerprint density at radius 3 is 2.57 bits per heavy atom. The minimum Gasteiger partial charge on any atom is -0.386 e. The number of nitrogens with zero attached hydrogens (tertiary/aromatic N) is 2. The van der Waals surface area contributed by atoms with Crippen LogP contribution in [0.25, 0.3) is 0 Å². The summed E-state index contributed by atoms with van der Waals surface area (Å²) in [5, 5.41) is 3.18. The van der Waals surface area contributed by atoms with E-state index in [4.69, 9.17) is 32.8 Å². The molecule has 0 saturated carbocycles. The Bertz CT molecular complexity index is 1440. The Balaban J connectivity index is 1.41. The van der Waals surface area contributed by atoms with Crippen molar-refractivity contribution in [1.29, 1.82) is 0 Å². The summed E-state index contributed by atoms with van der Waals surface area (Å²) in [5.41, 5.74) is -0.363. The molecule has 2 aromatic rings. The summed E-state index contributed by atoms with van der Waals surface area (Å²) in [4.78, 5) is 18.6. The van der Waals surface area contributed by atoms with E-state index in [1.165, 1.54) is 17.0 Å². The first-order valence-electron chi connectivity index (χ1n) is 10.9. The lowest BCUT2D eigenvalue weighted by Crippen LogP contribution is -2.62. The molecule has 7 nitrogen and oxygen atoms in total. The van der Waals surface area contributed by atoms with E-state index in [1.54, 1.807) is 6.07 Å². The van der Waals surface area contributed by atoms with Gasteiger partial charge in [0.25, 0.3) is 0 Å². The molecular weight excluding hydrogens is 563 g/mol. The minimum absolute atomic E-state index is 0.0519. The van der Waals surface area contributed by atoms with Crippen molar-refractivity contribution in [2.45, 2.75) is 24.5 Å². The van der Waals surface area contributed by atoms with Crippen LogP contribution in [-0.2, 0) is 36.4 Å². The van der Waals surface area contributed by atoms with Crippen LogP contribution in [0.15, 0.2) is 35.5 Å². The first kappa shape index (κ1) is 26.2. The van der Waals surface area contributed by atoms with E-state index < -0.39 is 67.4 Å². The van der Waals surface area contributed by atoms with Crippen LogP contribution in [0.1, 0.15) is 28.4 Å². The van der Waals surface area contributed by atoms with Gasteiger partial charge in [0.1, 0.15) is 28.8 Å². The quantitative estimate of drug-likeness (QED) is 0.395. The fraction of sp³-hybridized carbons (Fsp3) is 0.391. The van der Waals surface area contributed by atoms with Gasteiger partial charge in [0.2, 0.25) is 5.91 Å². The van der Waals surface area contributed by atoms with Gasteiger partial charge >= 0.3 is 6.18 Å². The van der Waals surface area contributed by atoms with Crippen LogP contribution in [0.4, 0.5) is 17.6 Å². The molecule has 0 aliphatic carbocycles. The lowest BCUT2D eigenvalue weighted by molar-refractivity contribution is -0.178. The van der Waals surface area contributed by atoms with Gasteiger partial charge in [-0.25, -0.2) is 12.8 Å². The number of oxime groups is 1. The molecule has 0 N–H and O–H groups in total. The average molecular weight is 581 g/mol. The minimum atomic E-state index is -4.84. The fourth-order valence-electron chi connectivity index (χ4n) is 4.89. The van der Waals surface area contributed by atoms with Crippen molar-refractivity contribution in [3.63, 3.8) is 0 Å². The molecule has 0 radical (unpaired) electrons. The van der Waals surface area contributed by atoms with E-state index in [-0.39, 0.29) is 30.3 Å². The number of hydrogen-bond acceptors (Lipinski definition) is 6. The Morgan fingerprint density at radius 1 is 1.22 bits per heavy atom. The van der Waals surface area contributed by atoms with Crippen LogP contribution in [0.3, 0.4) is 0 Å². The molecule has 1 spiro atoms. The smallest absolute Gasteiger partial charge is 0.386 e. The number of hydrogen-bond donors (Lipinski definition) is 0. The summed E-state index contributed by atoms with van der Waals surface area (Å²) >= 11 is 11.7. The molecule has 1 saturated heterocycles. The number of likely N-dealkylation sites (tertiary alicyclic amines) is 1. The molecule has 0 aromatic heterocycles. The fourth-order valence-corrected chi connectivity index (χ4v) is 6.03. The zero-order valence-corrected chi connectivity index (χ0v) is 21.3. The third-order valence-electron chi connectivity index (χ3n) is 6.57. The summed E-state index contributed by atoms with van der Waals surface area (Å²) in [7, 11) is -3.49. The van der Waals surface area contributed by atoms with Crippen molar-refractivity contribution in [3.05, 3.63) is 68.4 Å². The maximum absolute atomic E-state index is 14.6. The maximum atomic E-state index is 14.6. The number of amides is 1. The second-order valence-corrected chi connectivity index (χ2v) is 12.3. The third kappa shape index (κ3) is 4.68. The Morgan fingerprint density at radius 2 is 1.92 bits per heavy atom. The van der Waals surface area contributed by atoms with E-state index >= 15 is 0 Å². The molecule has 0 bridgehead atoms. The van der Waals surface area contributed by atoms with Crippen molar-refractivity contribution in [2.24, 2.45) is 11.1 Å². The summed E-state index contributed by atoms with van der Waals surface area (Å²) in [6, 6.07) is 6.62. The van der Waals surface area contributed by atoms with Crippen molar-refractivity contribution in [2.75, 3.05) is 25.1 Å². The Hall–Kier alpha value is -2.41. The zero-order chi connectivity index (χ0) is 26.9. The van der Waals surface area contributed by atoms with Gasteiger partial charge in [-0.15, -0.1) is 0 Å². The number of alkyl halides is 3. The summed E-state index contributed by atoms with van der Waals surface area (Å²) in [5.74, 6) is -4.54. The maximum Gasteiger partial charge on any atom is 0.401 e. The van der Waals surface area contributed by atoms with Crippen LogP contribution in [0.5, 0.6) is 0 Å². The van der Waals surface area contributed by atoms with Crippen molar-refractivity contribution < 1.29 is 40.3 Å². The molecule has 1 amide bonds. The number of fused-ring (bicyclic) bond motifs is 2. The van der Waals surface area contributed by atoms with Crippen molar-refractivity contribution in [1.82, 2.24) is 4.90 Å². The van der Waals surface area contributed by atoms with Gasteiger partial charge < -0.3 is 14.5 Å². The van der Waals surface area contributed by atoms with Crippen LogP contribution in [0.2, 0.25) is 10.0 Å². The Labute approximate surface area is 218 Å². The van der Waals surface area contributed by atoms with Gasteiger partial charge in [-0.1, -0.05) is 40.5 Å². The highest BCUT2D eigenvalue weighted by Gasteiger charge is 2.55. The monoisotopic (exact) mass is 580 g/mol. The lowest BCUT2D eigenvalue weighted by atomic mass is 9.82. The zero-order valence-electron chi connectivity index (χ0n) is 19.0. The predicted octanol–water partition coefficient (Wildman–Crippen LogP) is 4.40. The number of benzene rings is 2. The molecule has 1 fully saturated rings.